The molecule has 0 saturated carbocycles. The average Bonchev–Trinajstić information content (AvgIpc) is 2.80. The largest absolute Gasteiger partial charge is 0.457 e. The molecule has 1 aliphatic rings. The van der Waals surface area contributed by atoms with Crippen LogP contribution in [0.4, 0.5) is 0 Å². The van der Waals surface area contributed by atoms with Gasteiger partial charge in [-0.2, -0.15) is 5.26 Å². The fraction of sp³-hybridized carbons (Fsp3) is 0.176. The van der Waals surface area contributed by atoms with Crippen molar-refractivity contribution in [1.82, 2.24) is 4.90 Å². The molecular formula is C17H14N2O3. The summed E-state index contributed by atoms with van der Waals surface area (Å²) in [5.74, 6) is 1.03. The van der Waals surface area contributed by atoms with Gasteiger partial charge >= 0.3 is 0 Å². The van der Waals surface area contributed by atoms with Crippen molar-refractivity contribution in [3.63, 3.8) is 0 Å². The summed E-state index contributed by atoms with van der Waals surface area (Å²) in [6, 6.07) is 15.8. The van der Waals surface area contributed by atoms with Gasteiger partial charge in [0.05, 0.1) is 12.7 Å². The molecule has 2 aromatic carbocycles. The Morgan fingerprint density at radius 1 is 1.18 bits per heavy atom. The van der Waals surface area contributed by atoms with E-state index in [1.54, 1.807) is 18.2 Å². The van der Waals surface area contributed by atoms with Gasteiger partial charge in [0.25, 0.3) is 5.91 Å². The van der Waals surface area contributed by atoms with Crippen LogP contribution < -0.4 is 4.74 Å². The number of aliphatic hydroxyl groups excluding tert-OH is 1. The van der Waals surface area contributed by atoms with Crippen molar-refractivity contribution in [2.75, 3.05) is 13.2 Å². The van der Waals surface area contributed by atoms with Gasteiger partial charge in [-0.05, 0) is 30.3 Å². The van der Waals surface area contributed by atoms with Crippen LogP contribution in [0, 0.1) is 11.3 Å². The lowest BCUT2D eigenvalue weighted by molar-refractivity contribution is 0.0721. The Labute approximate surface area is 128 Å². The molecule has 5 heteroatoms. The van der Waals surface area contributed by atoms with E-state index in [-0.39, 0.29) is 19.1 Å². The predicted octanol–water partition coefficient (Wildman–Crippen LogP) is 2.49. The van der Waals surface area contributed by atoms with Gasteiger partial charge in [0.1, 0.15) is 17.5 Å². The first-order chi connectivity index (χ1) is 10.7. The molecule has 1 aliphatic heterocycles. The second-order valence-electron chi connectivity index (χ2n) is 4.92. The monoisotopic (exact) mass is 294 g/mol. The Morgan fingerprint density at radius 2 is 1.95 bits per heavy atom. The number of benzene rings is 2. The van der Waals surface area contributed by atoms with Gasteiger partial charge in [0.15, 0.2) is 0 Å². The van der Waals surface area contributed by atoms with Crippen molar-refractivity contribution >= 4 is 5.91 Å². The van der Waals surface area contributed by atoms with Crippen molar-refractivity contribution in [1.29, 1.82) is 5.26 Å². The molecule has 0 fully saturated rings. The first kappa shape index (κ1) is 14.1. The molecule has 0 radical (unpaired) electrons. The molecule has 0 saturated heterocycles. The number of rotatable bonds is 4. The first-order valence-corrected chi connectivity index (χ1v) is 6.93. The third kappa shape index (κ3) is 2.41. The molecule has 110 valence electrons. The van der Waals surface area contributed by atoms with Gasteiger partial charge in [-0.3, -0.25) is 4.79 Å². The van der Waals surface area contributed by atoms with Crippen LogP contribution in [-0.4, -0.2) is 29.1 Å². The third-order valence-electron chi connectivity index (χ3n) is 3.56. The van der Waals surface area contributed by atoms with Crippen LogP contribution in [0.5, 0.6) is 11.5 Å². The van der Waals surface area contributed by atoms with E-state index in [1.807, 2.05) is 30.3 Å². The molecule has 1 amide bonds. The van der Waals surface area contributed by atoms with Crippen LogP contribution in [0.2, 0.25) is 0 Å². The Balaban J connectivity index is 1.93. The van der Waals surface area contributed by atoms with E-state index >= 15 is 0 Å². The number of β-amino-alcohol motifs (C(OH)–C–C–N with tert-alkyl or cyclic N) is 1. The van der Waals surface area contributed by atoms with E-state index in [1.165, 1.54) is 4.90 Å². The summed E-state index contributed by atoms with van der Waals surface area (Å²) in [7, 11) is 0. The minimum Gasteiger partial charge on any atom is -0.457 e. The maximum Gasteiger partial charge on any atom is 0.255 e. The van der Waals surface area contributed by atoms with Crippen molar-refractivity contribution in [2.45, 2.75) is 6.04 Å². The number of para-hydroxylation sites is 1. The molecular weight excluding hydrogens is 280 g/mol. The van der Waals surface area contributed by atoms with Crippen LogP contribution >= 0.6 is 0 Å². The van der Waals surface area contributed by atoms with Gasteiger partial charge in [-0.1, -0.05) is 18.2 Å². The molecule has 3 rings (SSSR count). The standard InChI is InChI=1S/C17H14N2O3/c18-11-16-15-10-13(22-12-4-2-1-3-5-12)6-7-14(15)17(21)19(16)8-9-20/h1-7,10,16,20H,8-9H2. The SMILES string of the molecule is N#CC1c2cc(Oc3ccccc3)ccc2C(=O)N1CCO. The predicted molar refractivity (Wildman–Crippen MR) is 79.4 cm³/mol. The molecule has 1 N–H and O–H groups in total. The maximum absolute atomic E-state index is 12.2. The first-order valence-electron chi connectivity index (χ1n) is 6.93. The zero-order chi connectivity index (χ0) is 15.5. The third-order valence-corrected chi connectivity index (χ3v) is 3.56. The van der Waals surface area contributed by atoms with Crippen molar-refractivity contribution < 1.29 is 14.6 Å². The van der Waals surface area contributed by atoms with E-state index in [0.717, 1.165) is 0 Å². The Hall–Kier alpha value is -2.84. The Bertz CT molecular complexity index is 737. The van der Waals surface area contributed by atoms with Crippen molar-refractivity contribution in [2.24, 2.45) is 0 Å². The van der Waals surface area contributed by atoms with Crippen molar-refractivity contribution in [3.8, 4) is 17.6 Å². The number of nitriles is 1. The van der Waals surface area contributed by atoms with Crippen LogP contribution in [-0.2, 0) is 0 Å². The van der Waals surface area contributed by atoms with Crippen LogP contribution in [0.15, 0.2) is 48.5 Å². The normalized spacial score (nSPS) is 16.3. The van der Waals surface area contributed by atoms with E-state index in [4.69, 9.17) is 9.84 Å². The molecule has 5 nitrogen and oxygen atoms in total. The summed E-state index contributed by atoms with van der Waals surface area (Å²) in [5, 5.41) is 18.4. The lowest BCUT2D eigenvalue weighted by Crippen LogP contribution is -2.30. The quantitative estimate of drug-likeness (QED) is 0.940. The molecule has 0 bridgehead atoms. The zero-order valence-corrected chi connectivity index (χ0v) is 11.8. The second kappa shape index (κ2) is 5.88. The zero-order valence-electron chi connectivity index (χ0n) is 11.8. The molecule has 0 spiro atoms. The number of hydrogen-bond donors (Lipinski definition) is 1. The van der Waals surface area contributed by atoms with E-state index < -0.39 is 6.04 Å². The van der Waals surface area contributed by atoms with Gasteiger partial charge in [0, 0.05) is 17.7 Å². The molecule has 1 heterocycles. The highest BCUT2D eigenvalue weighted by molar-refractivity contribution is 5.99. The van der Waals surface area contributed by atoms with E-state index in [9.17, 15) is 10.1 Å². The Morgan fingerprint density at radius 3 is 2.64 bits per heavy atom. The smallest absolute Gasteiger partial charge is 0.255 e. The second-order valence-corrected chi connectivity index (χ2v) is 4.92. The summed E-state index contributed by atoms with van der Waals surface area (Å²) in [6.07, 6.45) is 0. The fourth-order valence-corrected chi connectivity index (χ4v) is 2.57. The summed E-state index contributed by atoms with van der Waals surface area (Å²) < 4.78 is 5.74. The minimum absolute atomic E-state index is 0.139. The van der Waals surface area contributed by atoms with Gasteiger partial charge < -0.3 is 14.7 Å². The molecule has 2 aromatic rings. The number of aliphatic hydroxyl groups is 1. The number of fused-ring (bicyclic) bond motifs is 1. The minimum atomic E-state index is -0.686. The van der Waals surface area contributed by atoms with Crippen molar-refractivity contribution in [3.05, 3.63) is 59.7 Å². The van der Waals surface area contributed by atoms with Gasteiger partial charge in [0.2, 0.25) is 0 Å². The van der Waals surface area contributed by atoms with Crippen LogP contribution in [0.25, 0.3) is 0 Å². The molecule has 1 atom stereocenters. The van der Waals surface area contributed by atoms with Crippen LogP contribution in [0.1, 0.15) is 22.0 Å². The van der Waals surface area contributed by atoms with Gasteiger partial charge in [-0.25, -0.2) is 0 Å². The molecule has 22 heavy (non-hydrogen) atoms. The molecule has 1 unspecified atom stereocenters. The number of nitrogens with zero attached hydrogens (tertiary/aromatic N) is 2. The van der Waals surface area contributed by atoms with E-state index in [2.05, 4.69) is 6.07 Å². The highest BCUT2D eigenvalue weighted by Gasteiger charge is 2.36. The van der Waals surface area contributed by atoms with E-state index in [0.29, 0.717) is 22.6 Å². The highest BCUT2D eigenvalue weighted by Crippen LogP contribution is 2.36. The highest BCUT2D eigenvalue weighted by atomic mass is 16.5. The number of hydrogen-bond acceptors (Lipinski definition) is 4. The Kier molecular flexibility index (Phi) is 3.77. The summed E-state index contributed by atoms with van der Waals surface area (Å²) >= 11 is 0. The number of amides is 1. The number of carbonyl (C=O) groups excluding carboxylic acids is 1. The molecule has 0 aromatic heterocycles. The summed E-state index contributed by atoms with van der Waals surface area (Å²) in [4.78, 5) is 13.6. The lowest BCUT2D eigenvalue weighted by atomic mass is 10.1. The molecule has 0 aliphatic carbocycles. The van der Waals surface area contributed by atoms with Crippen LogP contribution in [0.3, 0.4) is 0 Å². The topological polar surface area (TPSA) is 73.6 Å². The van der Waals surface area contributed by atoms with Gasteiger partial charge in [-0.15, -0.1) is 0 Å². The lowest BCUT2D eigenvalue weighted by Gasteiger charge is -2.18. The summed E-state index contributed by atoms with van der Waals surface area (Å²) in [6.45, 7) is -0.0358. The summed E-state index contributed by atoms with van der Waals surface area (Å²) in [5.41, 5.74) is 1.11. The maximum atomic E-state index is 12.2. The number of ether oxygens (including phenoxy) is 1. The fourth-order valence-electron chi connectivity index (χ4n) is 2.57. The number of carbonyl (C=O) groups is 1. The average molecular weight is 294 g/mol.